The second-order valence-electron chi connectivity index (χ2n) is 5.51. The van der Waals surface area contributed by atoms with Crippen LogP contribution in [0.5, 0.6) is 17.2 Å². The van der Waals surface area contributed by atoms with Crippen LogP contribution in [-0.2, 0) is 0 Å². The molecule has 0 saturated carbocycles. The van der Waals surface area contributed by atoms with Gasteiger partial charge in [-0.1, -0.05) is 12.1 Å². The molecule has 0 atom stereocenters. The van der Waals surface area contributed by atoms with Gasteiger partial charge in [0.25, 0.3) is 0 Å². The lowest BCUT2D eigenvalue weighted by molar-refractivity contribution is 0.342. The van der Waals surface area contributed by atoms with Gasteiger partial charge >= 0.3 is 0 Å². The summed E-state index contributed by atoms with van der Waals surface area (Å²) < 4.78 is 16.3. The van der Waals surface area contributed by atoms with E-state index in [-0.39, 0.29) is 0 Å². The molecule has 1 aromatic heterocycles. The molecule has 0 unspecified atom stereocenters. The fourth-order valence-corrected chi connectivity index (χ4v) is 3.37. The third-order valence-electron chi connectivity index (χ3n) is 3.87. The SMILES string of the molecule is COc1ccc(OCCSc2cc(C)c3cccc(OC)c3n2)cc1. The van der Waals surface area contributed by atoms with Crippen LogP contribution >= 0.6 is 11.8 Å². The molecule has 0 amide bonds. The van der Waals surface area contributed by atoms with Crippen molar-refractivity contribution in [3.63, 3.8) is 0 Å². The molecule has 3 aromatic rings. The quantitative estimate of drug-likeness (QED) is 0.452. The number of pyridine rings is 1. The largest absolute Gasteiger partial charge is 0.497 e. The Morgan fingerprint density at radius 3 is 2.44 bits per heavy atom. The lowest BCUT2D eigenvalue weighted by Crippen LogP contribution is -2.00. The summed E-state index contributed by atoms with van der Waals surface area (Å²) in [6.45, 7) is 2.71. The first-order valence-electron chi connectivity index (χ1n) is 8.05. The topological polar surface area (TPSA) is 40.6 Å². The van der Waals surface area contributed by atoms with Crippen molar-refractivity contribution in [1.82, 2.24) is 4.98 Å². The molecule has 1 heterocycles. The molecule has 25 heavy (non-hydrogen) atoms. The van der Waals surface area contributed by atoms with Gasteiger partial charge < -0.3 is 14.2 Å². The fraction of sp³-hybridized carbons (Fsp3) is 0.250. The monoisotopic (exact) mass is 355 g/mol. The summed E-state index contributed by atoms with van der Waals surface area (Å²) in [6, 6.07) is 15.7. The summed E-state index contributed by atoms with van der Waals surface area (Å²) in [5.74, 6) is 3.29. The van der Waals surface area contributed by atoms with Gasteiger partial charge in [-0.3, -0.25) is 0 Å². The number of thioether (sulfide) groups is 1. The maximum Gasteiger partial charge on any atom is 0.145 e. The highest BCUT2D eigenvalue weighted by Gasteiger charge is 2.08. The number of benzene rings is 2. The minimum Gasteiger partial charge on any atom is -0.497 e. The Balaban J connectivity index is 1.62. The van der Waals surface area contributed by atoms with Gasteiger partial charge in [0.05, 0.1) is 25.9 Å². The van der Waals surface area contributed by atoms with Crippen molar-refractivity contribution in [1.29, 1.82) is 0 Å². The third-order valence-corrected chi connectivity index (χ3v) is 4.74. The highest BCUT2D eigenvalue weighted by Crippen LogP contribution is 2.29. The second kappa shape index (κ2) is 8.12. The average Bonchev–Trinajstić information content (AvgIpc) is 2.65. The number of fused-ring (bicyclic) bond motifs is 1. The Bertz CT molecular complexity index is 849. The van der Waals surface area contributed by atoms with Crippen molar-refractivity contribution >= 4 is 22.7 Å². The molecule has 0 aliphatic heterocycles. The van der Waals surface area contributed by atoms with E-state index < -0.39 is 0 Å². The highest BCUT2D eigenvalue weighted by atomic mass is 32.2. The predicted molar refractivity (Wildman–Crippen MR) is 102 cm³/mol. The first kappa shape index (κ1) is 17.4. The van der Waals surface area contributed by atoms with Gasteiger partial charge in [-0.15, -0.1) is 11.8 Å². The number of nitrogens with zero attached hydrogens (tertiary/aromatic N) is 1. The van der Waals surface area contributed by atoms with Crippen LogP contribution in [0.1, 0.15) is 5.56 Å². The zero-order valence-corrected chi connectivity index (χ0v) is 15.4. The third kappa shape index (κ3) is 4.17. The maximum atomic E-state index is 5.76. The first-order valence-corrected chi connectivity index (χ1v) is 9.04. The minimum atomic E-state index is 0.613. The molecule has 0 saturated heterocycles. The molecule has 4 nitrogen and oxygen atoms in total. The van der Waals surface area contributed by atoms with E-state index in [4.69, 9.17) is 19.2 Å². The number of rotatable bonds is 7. The molecule has 0 bridgehead atoms. The maximum absolute atomic E-state index is 5.76. The Kier molecular flexibility index (Phi) is 5.66. The molecule has 0 fully saturated rings. The van der Waals surface area contributed by atoms with E-state index in [1.165, 1.54) is 5.56 Å². The van der Waals surface area contributed by atoms with Crippen molar-refractivity contribution in [2.45, 2.75) is 11.9 Å². The molecule has 2 aromatic carbocycles. The van der Waals surface area contributed by atoms with Crippen molar-refractivity contribution in [3.8, 4) is 17.2 Å². The van der Waals surface area contributed by atoms with Gasteiger partial charge in [-0.05, 0) is 48.9 Å². The minimum absolute atomic E-state index is 0.613. The Morgan fingerprint density at radius 1 is 0.960 bits per heavy atom. The average molecular weight is 355 g/mol. The number of methoxy groups -OCH3 is 2. The number of ether oxygens (including phenoxy) is 3. The van der Waals surface area contributed by atoms with E-state index in [1.807, 2.05) is 36.4 Å². The molecule has 0 aliphatic carbocycles. The summed E-state index contributed by atoms with van der Waals surface area (Å²) >= 11 is 1.68. The first-order chi connectivity index (χ1) is 12.2. The van der Waals surface area contributed by atoms with Crippen molar-refractivity contribution in [2.75, 3.05) is 26.6 Å². The van der Waals surface area contributed by atoms with E-state index in [9.17, 15) is 0 Å². The summed E-state index contributed by atoms with van der Waals surface area (Å²) in [5.41, 5.74) is 2.10. The molecule has 5 heteroatoms. The Morgan fingerprint density at radius 2 is 1.72 bits per heavy atom. The Labute approximate surface area is 152 Å². The summed E-state index contributed by atoms with van der Waals surface area (Å²) in [6.07, 6.45) is 0. The lowest BCUT2D eigenvalue weighted by Gasteiger charge is -2.10. The molecule has 0 N–H and O–H groups in total. The molecule has 0 aliphatic rings. The van der Waals surface area contributed by atoms with Crippen molar-refractivity contribution in [3.05, 3.63) is 54.1 Å². The summed E-state index contributed by atoms with van der Waals surface area (Å²) in [5, 5.41) is 2.10. The molecule has 3 rings (SSSR count). The van der Waals surface area contributed by atoms with Crippen molar-refractivity contribution < 1.29 is 14.2 Å². The molecule has 130 valence electrons. The van der Waals surface area contributed by atoms with E-state index >= 15 is 0 Å². The second-order valence-corrected chi connectivity index (χ2v) is 6.62. The zero-order chi connectivity index (χ0) is 17.6. The number of aromatic nitrogens is 1. The molecular weight excluding hydrogens is 334 g/mol. The van der Waals surface area contributed by atoms with Gasteiger partial charge in [-0.2, -0.15) is 0 Å². The van der Waals surface area contributed by atoms with Crippen LogP contribution in [0.3, 0.4) is 0 Å². The molecule has 0 spiro atoms. The highest BCUT2D eigenvalue weighted by molar-refractivity contribution is 7.99. The summed E-state index contributed by atoms with van der Waals surface area (Å²) in [7, 11) is 3.33. The predicted octanol–water partition coefficient (Wildman–Crippen LogP) is 4.73. The van der Waals surface area contributed by atoms with E-state index in [0.29, 0.717) is 6.61 Å². The normalized spacial score (nSPS) is 10.7. The van der Waals surface area contributed by atoms with Crippen LogP contribution in [0.2, 0.25) is 0 Å². The van der Waals surface area contributed by atoms with Crippen LogP contribution in [-0.4, -0.2) is 31.6 Å². The van der Waals surface area contributed by atoms with Crippen LogP contribution < -0.4 is 14.2 Å². The Hall–Kier alpha value is -2.40. The number of hydrogen-bond acceptors (Lipinski definition) is 5. The lowest BCUT2D eigenvalue weighted by atomic mass is 10.1. The van der Waals surface area contributed by atoms with Crippen LogP contribution in [0.15, 0.2) is 53.6 Å². The van der Waals surface area contributed by atoms with Gasteiger partial charge in [0.15, 0.2) is 0 Å². The number of hydrogen-bond donors (Lipinski definition) is 0. The number of aryl methyl sites for hydroxylation is 1. The van der Waals surface area contributed by atoms with Gasteiger partial charge in [-0.25, -0.2) is 4.98 Å². The van der Waals surface area contributed by atoms with Crippen LogP contribution in [0, 0.1) is 6.92 Å². The van der Waals surface area contributed by atoms with Gasteiger partial charge in [0.2, 0.25) is 0 Å². The molecular formula is C20H21NO3S. The standard InChI is InChI=1S/C20H21NO3S/c1-14-13-19(21-20-17(14)5-4-6-18(20)23-3)25-12-11-24-16-9-7-15(22-2)8-10-16/h4-10,13H,11-12H2,1-3H3. The van der Waals surface area contributed by atoms with Gasteiger partial charge in [0.1, 0.15) is 22.8 Å². The smallest absolute Gasteiger partial charge is 0.145 e. The van der Waals surface area contributed by atoms with Crippen LogP contribution in [0.25, 0.3) is 10.9 Å². The van der Waals surface area contributed by atoms with E-state index in [0.717, 1.165) is 38.9 Å². The van der Waals surface area contributed by atoms with Crippen LogP contribution in [0.4, 0.5) is 0 Å². The molecule has 0 radical (unpaired) electrons. The van der Waals surface area contributed by atoms with Crippen molar-refractivity contribution in [2.24, 2.45) is 0 Å². The van der Waals surface area contributed by atoms with E-state index in [1.54, 1.807) is 26.0 Å². The fourth-order valence-electron chi connectivity index (χ4n) is 2.58. The summed E-state index contributed by atoms with van der Waals surface area (Å²) in [4.78, 5) is 4.74. The zero-order valence-electron chi connectivity index (χ0n) is 14.6. The number of para-hydroxylation sites is 1. The van der Waals surface area contributed by atoms with E-state index in [2.05, 4.69) is 19.1 Å². The van der Waals surface area contributed by atoms with Gasteiger partial charge in [0, 0.05) is 11.1 Å².